The summed E-state index contributed by atoms with van der Waals surface area (Å²) >= 11 is 0. The van der Waals surface area contributed by atoms with Gasteiger partial charge >= 0.3 is 0 Å². The molecule has 0 saturated heterocycles. The van der Waals surface area contributed by atoms with E-state index in [1.54, 1.807) is 6.07 Å². The van der Waals surface area contributed by atoms with Crippen LogP contribution in [0, 0.1) is 11.3 Å². The van der Waals surface area contributed by atoms with Crippen LogP contribution in [-0.4, -0.2) is 17.1 Å². The van der Waals surface area contributed by atoms with E-state index in [9.17, 15) is 0 Å². The van der Waals surface area contributed by atoms with Crippen LogP contribution in [0.5, 0.6) is 0 Å². The average Bonchev–Trinajstić information content (AvgIpc) is 2.82. The molecule has 0 spiro atoms. The fraction of sp³-hybridized carbons (Fsp3) is 0.333. The van der Waals surface area contributed by atoms with Crippen LogP contribution < -0.4 is 11.1 Å². The normalized spacial score (nSPS) is 24.9. The first-order valence-electron chi connectivity index (χ1n) is 4.19. The molecule has 0 aromatic carbocycles. The number of pyridine rings is 1. The maximum Gasteiger partial charge on any atom is 0.142 e. The van der Waals surface area contributed by atoms with Gasteiger partial charge in [-0.1, -0.05) is 6.07 Å². The lowest BCUT2D eigenvalue weighted by Crippen LogP contribution is -2.13. The smallest absolute Gasteiger partial charge is 0.142 e. The second-order valence-corrected chi connectivity index (χ2v) is 3.17. The standard InChI is InChI=1S/C9H10N4/c10-5-6-2-1-3-9(12-6)13-8-4-7(8)11/h1-3,7-8H,4,11H2,(H,12,13). The van der Waals surface area contributed by atoms with Gasteiger partial charge in [0.25, 0.3) is 0 Å². The van der Waals surface area contributed by atoms with Crippen molar-refractivity contribution in [3.05, 3.63) is 23.9 Å². The number of nitrogens with one attached hydrogen (secondary N) is 1. The Kier molecular flexibility index (Phi) is 1.87. The summed E-state index contributed by atoms with van der Waals surface area (Å²) in [4.78, 5) is 4.08. The Morgan fingerprint density at radius 2 is 2.38 bits per heavy atom. The zero-order valence-corrected chi connectivity index (χ0v) is 7.07. The van der Waals surface area contributed by atoms with E-state index in [4.69, 9.17) is 11.0 Å². The number of nitriles is 1. The lowest BCUT2D eigenvalue weighted by molar-refractivity contribution is 0.995. The van der Waals surface area contributed by atoms with Gasteiger partial charge in [-0.25, -0.2) is 4.98 Å². The Balaban J connectivity index is 2.08. The average molecular weight is 174 g/mol. The van der Waals surface area contributed by atoms with Crippen molar-refractivity contribution in [2.75, 3.05) is 5.32 Å². The van der Waals surface area contributed by atoms with Crippen LogP contribution in [0.3, 0.4) is 0 Å². The van der Waals surface area contributed by atoms with Gasteiger partial charge < -0.3 is 11.1 Å². The molecule has 1 aromatic heterocycles. The molecule has 4 heteroatoms. The molecule has 1 saturated carbocycles. The number of hydrogen-bond donors (Lipinski definition) is 2. The summed E-state index contributed by atoms with van der Waals surface area (Å²) in [5, 5.41) is 11.8. The topological polar surface area (TPSA) is 74.7 Å². The van der Waals surface area contributed by atoms with Crippen LogP contribution in [0.2, 0.25) is 0 Å². The molecule has 1 aliphatic rings. The fourth-order valence-electron chi connectivity index (χ4n) is 1.15. The van der Waals surface area contributed by atoms with Crippen LogP contribution in [0.4, 0.5) is 5.82 Å². The van der Waals surface area contributed by atoms with E-state index in [1.807, 2.05) is 18.2 Å². The molecule has 1 heterocycles. The molecule has 1 fully saturated rings. The van der Waals surface area contributed by atoms with Crippen molar-refractivity contribution in [3.63, 3.8) is 0 Å². The SMILES string of the molecule is N#Cc1cccc(NC2CC2N)n1. The highest BCUT2D eigenvalue weighted by molar-refractivity contribution is 5.41. The maximum atomic E-state index is 8.60. The van der Waals surface area contributed by atoms with Crippen LogP contribution in [-0.2, 0) is 0 Å². The number of rotatable bonds is 2. The largest absolute Gasteiger partial charge is 0.366 e. The summed E-state index contributed by atoms with van der Waals surface area (Å²) < 4.78 is 0. The van der Waals surface area contributed by atoms with Crippen LogP contribution in [0.1, 0.15) is 12.1 Å². The minimum atomic E-state index is 0.243. The highest BCUT2D eigenvalue weighted by atomic mass is 15.1. The third-order valence-electron chi connectivity index (χ3n) is 2.04. The maximum absolute atomic E-state index is 8.60. The summed E-state index contributed by atoms with van der Waals surface area (Å²) in [6.07, 6.45) is 0.985. The molecule has 3 N–H and O–H groups in total. The lowest BCUT2D eigenvalue weighted by Gasteiger charge is -2.02. The molecular formula is C9H10N4. The highest BCUT2D eigenvalue weighted by Crippen LogP contribution is 2.22. The third kappa shape index (κ3) is 1.76. The molecule has 0 amide bonds. The molecule has 13 heavy (non-hydrogen) atoms. The number of nitrogens with two attached hydrogens (primary N) is 1. The third-order valence-corrected chi connectivity index (χ3v) is 2.04. The number of hydrogen-bond acceptors (Lipinski definition) is 4. The molecule has 0 radical (unpaired) electrons. The Labute approximate surface area is 76.4 Å². The molecule has 1 aliphatic carbocycles. The lowest BCUT2D eigenvalue weighted by atomic mass is 10.3. The minimum absolute atomic E-state index is 0.243. The van der Waals surface area contributed by atoms with Crippen LogP contribution >= 0.6 is 0 Å². The first-order valence-corrected chi connectivity index (χ1v) is 4.19. The monoisotopic (exact) mass is 174 g/mol. The number of aromatic nitrogens is 1. The summed E-state index contributed by atoms with van der Waals surface area (Å²) in [5.41, 5.74) is 6.06. The first-order chi connectivity index (χ1) is 6.29. The van der Waals surface area contributed by atoms with Crippen molar-refractivity contribution < 1.29 is 0 Å². The molecule has 2 atom stereocenters. The molecule has 4 nitrogen and oxygen atoms in total. The summed E-state index contributed by atoms with van der Waals surface area (Å²) in [6, 6.07) is 7.89. The van der Waals surface area contributed by atoms with E-state index in [-0.39, 0.29) is 6.04 Å². The van der Waals surface area contributed by atoms with Crippen molar-refractivity contribution in [3.8, 4) is 6.07 Å². The zero-order valence-electron chi connectivity index (χ0n) is 7.07. The number of nitrogens with zero attached hydrogens (tertiary/aromatic N) is 2. The van der Waals surface area contributed by atoms with Crippen LogP contribution in [0.25, 0.3) is 0 Å². The highest BCUT2D eigenvalue weighted by Gasteiger charge is 2.33. The Hall–Kier alpha value is -1.60. The van der Waals surface area contributed by atoms with Crippen molar-refractivity contribution >= 4 is 5.82 Å². The molecule has 66 valence electrons. The van der Waals surface area contributed by atoms with Gasteiger partial charge in [0.05, 0.1) is 0 Å². The van der Waals surface area contributed by atoms with Gasteiger partial charge in [-0.2, -0.15) is 5.26 Å². The molecule has 0 aliphatic heterocycles. The molecular weight excluding hydrogens is 164 g/mol. The van der Waals surface area contributed by atoms with Crippen molar-refractivity contribution in [1.82, 2.24) is 4.98 Å². The predicted molar refractivity (Wildman–Crippen MR) is 49.0 cm³/mol. The van der Waals surface area contributed by atoms with E-state index in [0.29, 0.717) is 11.7 Å². The van der Waals surface area contributed by atoms with Gasteiger partial charge in [0.2, 0.25) is 0 Å². The second kappa shape index (κ2) is 3.04. The predicted octanol–water partition coefficient (Wildman–Crippen LogP) is 0.465. The molecule has 1 aromatic rings. The Morgan fingerprint density at radius 1 is 1.62 bits per heavy atom. The molecule has 0 bridgehead atoms. The Morgan fingerprint density at radius 3 is 3.00 bits per heavy atom. The first kappa shape index (κ1) is 8.02. The van der Waals surface area contributed by atoms with Gasteiger partial charge in [0.15, 0.2) is 0 Å². The van der Waals surface area contributed by atoms with E-state index in [1.165, 1.54) is 0 Å². The molecule has 2 unspecified atom stereocenters. The van der Waals surface area contributed by atoms with E-state index in [2.05, 4.69) is 10.3 Å². The Bertz CT molecular complexity index is 355. The summed E-state index contributed by atoms with van der Waals surface area (Å²) in [7, 11) is 0. The van der Waals surface area contributed by atoms with E-state index >= 15 is 0 Å². The van der Waals surface area contributed by atoms with Gasteiger partial charge in [0, 0.05) is 12.1 Å². The summed E-state index contributed by atoms with van der Waals surface area (Å²) in [5.74, 6) is 0.733. The minimum Gasteiger partial charge on any atom is -0.366 e. The van der Waals surface area contributed by atoms with Gasteiger partial charge in [0.1, 0.15) is 17.6 Å². The second-order valence-electron chi connectivity index (χ2n) is 3.17. The van der Waals surface area contributed by atoms with Gasteiger partial charge in [-0.3, -0.25) is 0 Å². The zero-order chi connectivity index (χ0) is 9.26. The summed E-state index contributed by atoms with van der Waals surface area (Å²) in [6.45, 7) is 0. The number of anilines is 1. The van der Waals surface area contributed by atoms with E-state index < -0.39 is 0 Å². The van der Waals surface area contributed by atoms with E-state index in [0.717, 1.165) is 12.2 Å². The molecule has 2 rings (SSSR count). The van der Waals surface area contributed by atoms with Crippen molar-refractivity contribution in [1.29, 1.82) is 5.26 Å². The quantitative estimate of drug-likeness (QED) is 0.683. The fourth-order valence-corrected chi connectivity index (χ4v) is 1.15. The van der Waals surface area contributed by atoms with Crippen LogP contribution in [0.15, 0.2) is 18.2 Å². The van der Waals surface area contributed by atoms with Gasteiger partial charge in [-0.05, 0) is 18.6 Å². The van der Waals surface area contributed by atoms with Crippen molar-refractivity contribution in [2.45, 2.75) is 18.5 Å². The van der Waals surface area contributed by atoms with Gasteiger partial charge in [-0.15, -0.1) is 0 Å². The van der Waals surface area contributed by atoms with Crippen molar-refractivity contribution in [2.24, 2.45) is 5.73 Å².